The number of hydrogen-bond donors (Lipinski definition) is 1. The van der Waals surface area contributed by atoms with Crippen molar-refractivity contribution in [2.45, 2.75) is 47.6 Å². The molecule has 15 heavy (non-hydrogen) atoms. The van der Waals surface area contributed by atoms with Crippen LogP contribution in [0.5, 0.6) is 11.5 Å². The Morgan fingerprint density at radius 1 is 0.867 bits per heavy atom. The predicted octanol–water partition coefficient (Wildman–Crippen LogP) is 3.41. The lowest BCUT2D eigenvalue weighted by atomic mass is 9.98. The van der Waals surface area contributed by atoms with Gasteiger partial charge in [-0.1, -0.05) is 0 Å². The zero-order valence-electron chi connectivity index (χ0n) is 10.4. The standard InChI is InChI=1S/C13H20O2/c1-7(2)15-13-10(5)8(3)12(14)9(4)11(13)6/h7,14H,1-6H3. The summed E-state index contributed by atoms with van der Waals surface area (Å²) in [6.07, 6.45) is 0.158. The summed E-state index contributed by atoms with van der Waals surface area (Å²) in [4.78, 5) is 0. The van der Waals surface area contributed by atoms with Crippen LogP contribution in [0.2, 0.25) is 0 Å². The molecule has 0 saturated carbocycles. The summed E-state index contributed by atoms with van der Waals surface area (Å²) in [6.45, 7) is 11.8. The van der Waals surface area contributed by atoms with Gasteiger partial charge in [0.1, 0.15) is 11.5 Å². The zero-order valence-corrected chi connectivity index (χ0v) is 10.4. The molecule has 0 aromatic heterocycles. The fourth-order valence-corrected chi connectivity index (χ4v) is 1.67. The van der Waals surface area contributed by atoms with Gasteiger partial charge in [0.2, 0.25) is 0 Å². The molecule has 0 aliphatic heterocycles. The van der Waals surface area contributed by atoms with Crippen LogP contribution in [0.25, 0.3) is 0 Å². The Bertz CT molecular complexity index is 350. The van der Waals surface area contributed by atoms with Crippen molar-refractivity contribution in [1.82, 2.24) is 0 Å². The van der Waals surface area contributed by atoms with Crippen molar-refractivity contribution in [3.05, 3.63) is 22.3 Å². The van der Waals surface area contributed by atoms with Crippen molar-refractivity contribution in [1.29, 1.82) is 0 Å². The number of hydrogen-bond acceptors (Lipinski definition) is 2. The second-order valence-electron chi connectivity index (χ2n) is 4.34. The van der Waals surface area contributed by atoms with Gasteiger partial charge in [0.25, 0.3) is 0 Å². The zero-order chi connectivity index (χ0) is 11.7. The molecule has 0 aliphatic rings. The van der Waals surface area contributed by atoms with Gasteiger partial charge in [0.05, 0.1) is 6.10 Å². The molecule has 0 fully saturated rings. The minimum Gasteiger partial charge on any atom is -0.507 e. The molecule has 0 bridgehead atoms. The van der Waals surface area contributed by atoms with Crippen molar-refractivity contribution in [3.8, 4) is 11.5 Å². The second kappa shape index (κ2) is 4.13. The van der Waals surface area contributed by atoms with E-state index < -0.39 is 0 Å². The number of ether oxygens (including phenoxy) is 1. The molecule has 0 unspecified atom stereocenters. The molecule has 0 amide bonds. The Balaban J connectivity index is 3.39. The Labute approximate surface area is 91.9 Å². The van der Waals surface area contributed by atoms with Crippen molar-refractivity contribution in [2.24, 2.45) is 0 Å². The van der Waals surface area contributed by atoms with Crippen molar-refractivity contribution < 1.29 is 9.84 Å². The third-order valence-corrected chi connectivity index (χ3v) is 2.87. The van der Waals surface area contributed by atoms with E-state index in [9.17, 15) is 5.11 Å². The van der Waals surface area contributed by atoms with E-state index in [1.807, 2.05) is 41.5 Å². The van der Waals surface area contributed by atoms with Crippen LogP contribution in [0.3, 0.4) is 0 Å². The first-order valence-electron chi connectivity index (χ1n) is 5.32. The van der Waals surface area contributed by atoms with Gasteiger partial charge in [-0.25, -0.2) is 0 Å². The summed E-state index contributed by atoms with van der Waals surface area (Å²) >= 11 is 0. The maximum Gasteiger partial charge on any atom is 0.126 e. The van der Waals surface area contributed by atoms with Crippen LogP contribution >= 0.6 is 0 Å². The van der Waals surface area contributed by atoms with E-state index in [1.54, 1.807) is 0 Å². The average molecular weight is 208 g/mol. The molecule has 2 nitrogen and oxygen atoms in total. The van der Waals surface area contributed by atoms with E-state index in [4.69, 9.17) is 4.74 Å². The Morgan fingerprint density at radius 2 is 1.27 bits per heavy atom. The summed E-state index contributed by atoms with van der Waals surface area (Å²) in [5.74, 6) is 1.30. The lowest BCUT2D eigenvalue weighted by molar-refractivity contribution is 0.238. The molecule has 0 spiro atoms. The molecular formula is C13H20O2. The predicted molar refractivity (Wildman–Crippen MR) is 62.8 cm³/mol. The summed E-state index contributed by atoms with van der Waals surface area (Å²) in [5, 5.41) is 9.87. The van der Waals surface area contributed by atoms with Crippen LogP contribution in [0.1, 0.15) is 36.1 Å². The first kappa shape index (κ1) is 11.9. The van der Waals surface area contributed by atoms with E-state index in [0.29, 0.717) is 5.75 Å². The van der Waals surface area contributed by atoms with Gasteiger partial charge in [-0.2, -0.15) is 0 Å². The molecule has 1 aromatic rings. The van der Waals surface area contributed by atoms with E-state index in [1.165, 1.54) is 0 Å². The van der Waals surface area contributed by atoms with Gasteiger partial charge in [0, 0.05) is 0 Å². The van der Waals surface area contributed by atoms with Gasteiger partial charge in [-0.15, -0.1) is 0 Å². The average Bonchev–Trinajstić information content (AvgIpc) is 2.18. The van der Waals surface area contributed by atoms with E-state index >= 15 is 0 Å². The third-order valence-electron chi connectivity index (χ3n) is 2.87. The molecule has 0 saturated heterocycles. The highest BCUT2D eigenvalue weighted by Gasteiger charge is 2.15. The molecule has 0 radical (unpaired) electrons. The first-order chi connectivity index (χ1) is 6.86. The number of phenols is 1. The number of benzene rings is 1. The van der Waals surface area contributed by atoms with Crippen LogP contribution in [0.4, 0.5) is 0 Å². The highest BCUT2D eigenvalue weighted by atomic mass is 16.5. The van der Waals surface area contributed by atoms with Crippen LogP contribution in [-0.2, 0) is 0 Å². The van der Waals surface area contributed by atoms with Crippen LogP contribution < -0.4 is 4.74 Å². The molecule has 0 aliphatic carbocycles. The highest BCUT2D eigenvalue weighted by molar-refractivity contribution is 5.56. The Hall–Kier alpha value is -1.18. The second-order valence-corrected chi connectivity index (χ2v) is 4.34. The Kier molecular flexibility index (Phi) is 3.28. The third kappa shape index (κ3) is 2.09. The van der Waals surface area contributed by atoms with Crippen molar-refractivity contribution >= 4 is 0 Å². The van der Waals surface area contributed by atoms with Crippen molar-refractivity contribution in [3.63, 3.8) is 0 Å². The summed E-state index contributed by atoms with van der Waals surface area (Å²) in [5.41, 5.74) is 3.89. The van der Waals surface area contributed by atoms with Crippen molar-refractivity contribution in [2.75, 3.05) is 0 Å². The molecular weight excluding hydrogens is 188 g/mol. The summed E-state index contributed by atoms with van der Waals surface area (Å²) in [7, 11) is 0. The molecule has 0 heterocycles. The van der Waals surface area contributed by atoms with Crippen LogP contribution in [0.15, 0.2) is 0 Å². The first-order valence-corrected chi connectivity index (χ1v) is 5.32. The quantitative estimate of drug-likeness (QED) is 0.807. The molecule has 2 heteroatoms. The number of aromatic hydroxyl groups is 1. The topological polar surface area (TPSA) is 29.5 Å². The fourth-order valence-electron chi connectivity index (χ4n) is 1.67. The highest BCUT2D eigenvalue weighted by Crippen LogP contribution is 2.36. The minimum atomic E-state index is 0.158. The smallest absolute Gasteiger partial charge is 0.126 e. The SMILES string of the molecule is Cc1c(C)c(OC(C)C)c(C)c(C)c1O. The maximum absolute atomic E-state index is 9.87. The molecule has 1 rings (SSSR count). The normalized spacial score (nSPS) is 10.9. The monoisotopic (exact) mass is 208 g/mol. The number of rotatable bonds is 2. The summed E-state index contributed by atoms with van der Waals surface area (Å²) in [6, 6.07) is 0. The largest absolute Gasteiger partial charge is 0.507 e. The summed E-state index contributed by atoms with van der Waals surface area (Å²) < 4.78 is 5.78. The van der Waals surface area contributed by atoms with Crippen LogP contribution in [-0.4, -0.2) is 11.2 Å². The van der Waals surface area contributed by atoms with Gasteiger partial charge in [-0.05, 0) is 63.8 Å². The molecule has 0 atom stereocenters. The Morgan fingerprint density at radius 3 is 1.60 bits per heavy atom. The van der Waals surface area contributed by atoms with Gasteiger partial charge in [-0.3, -0.25) is 0 Å². The lowest BCUT2D eigenvalue weighted by Gasteiger charge is -2.19. The molecule has 84 valence electrons. The van der Waals surface area contributed by atoms with Gasteiger partial charge < -0.3 is 9.84 Å². The van der Waals surface area contributed by atoms with Gasteiger partial charge >= 0.3 is 0 Å². The maximum atomic E-state index is 9.87. The van der Waals surface area contributed by atoms with E-state index in [2.05, 4.69) is 0 Å². The molecule has 1 aromatic carbocycles. The minimum absolute atomic E-state index is 0.158. The molecule has 1 N–H and O–H groups in total. The lowest BCUT2D eigenvalue weighted by Crippen LogP contribution is -2.09. The van der Waals surface area contributed by atoms with Crippen LogP contribution in [0, 0.1) is 27.7 Å². The number of phenolic OH excluding ortho intramolecular Hbond substituents is 1. The van der Waals surface area contributed by atoms with Gasteiger partial charge in [0.15, 0.2) is 0 Å². The van der Waals surface area contributed by atoms with E-state index in [-0.39, 0.29) is 6.10 Å². The fraction of sp³-hybridized carbons (Fsp3) is 0.538. The van der Waals surface area contributed by atoms with E-state index in [0.717, 1.165) is 28.0 Å².